The van der Waals surface area contributed by atoms with Gasteiger partial charge in [0, 0.05) is 6.20 Å². The summed E-state index contributed by atoms with van der Waals surface area (Å²) in [5.74, 6) is -1.24. The summed E-state index contributed by atoms with van der Waals surface area (Å²) in [6.07, 6.45) is -0.486. The van der Waals surface area contributed by atoms with E-state index in [-0.39, 0.29) is 12.0 Å². The van der Waals surface area contributed by atoms with E-state index in [2.05, 4.69) is 4.98 Å². The SMILES string of the molecule is OC(/C(F)=C/F)c1ccccn1. The lowest BCUT2D eigenvalue weighted by molar-refractivity contribution is 0.178. The number of aliphatic hydroxyl groups is 1. The number of aromatic nitrogens is 1. The van der Waals surface area contributed by atoms with Crippen molar-refractivity contribution in [1.29, 1.82) is 0 Å². The Hall–Kier alpha value is -1.29. The molecule has 0 radical (unpaired) electrons. The first-order chi connectivity index (χ1) is 5.75. The van der Waals surface area contributed by atoms with Crippen LogP contribution in [-0.2, 0) is 0 Å². The lowest BCUT2D eigenvalue weighted by Gasteiger charge is -2.04. The second-order valence-corrected chi connectivity index (χ2v) is 2.15. The van der Waals surface area contributed by atoms with Crippen LogP contribution < -0.4 is 0 Å². The third kappa shape index (κ3) is 1.85. The summed E-state index contributed by atoms with van der Waals surface area (Å²) in [4.78, 5) is 3.65. The van der Waals surface area contributed by atoms with Crippen LogP contribution in [-0.4, -0.2) is 10.1 Å². The van der Waals surface area contributed by atoms with Gasteiger partial charge in [0.2, 0.25) is 0 Å². The molecule has 0 fully saturated rings. The lowest BCUT2D eigenvalue weighted by Crippen LogP contribution is -1.99. The molecule has 4 heteroatoms. The Labute approximate surface area is 68.2 Å². The Morgan fingerprint density at radius 1 is 1.58 bits per heavy atom. The topological polar surface area (TPSA) is 33.1 Å². The van der Waals surface area contributed by atoms with E-state index < -0.39 is 11.9 Å². The first kappa shape index (κ1) is 8.80. The van der Waals surface area contributed by atoms with Crippen LogP contribution in [0.4, 0.5) is 8.78 Å². The number of hydrogen-bond acceptors (Lipinski definition) is 2. The fourth-order valence-electron chi connectivity index (χ4n) is 0.739. The van der Waals surface area contributed by atoms with Crippen molar-refractivity contribution in [3.8, 4) is 0 Å². The van der Waals surface area contributed by atoms with Crippen LogP contribution >= 0.6 is 0 Å². The van der Waals surface area contributed by atoms with Crippen LogP contribution in [0, 0.1) is 0 Å². The summed E-state index contributed by atoms with van der Waals surface area (Å²) >= 11 is 0. The molecule has 0 aliphatic heterocycles. The van der Waals surface area contributed by atoms with Gasteiger partial charge in [-0.3, -0.25) is 4.98 Å². The number of aliphatic hydroxyl groups excluding tert-OH is 1. The quantitative estimate of drug-likeness (QED) is 0.737. The summed E-state index contributed by atoms with van der Waals surface area (Å²) in [7, 11) is 0. The predicted octanol–water partition coefficient (Wildman–Crippen LogP) is 1.90. The van der Waals surface area contributed by atoms with Crippen molar-refractivity contribution in [3.05, 3.63) is 42.2 Å². The van der Waals surface area contributed by atoms with E-state index in [9.17, 15) is 8.78 Å². The zero-order valence-electron chi connectivity index (χ0n) is 6.11. The van der Waals surface area contributed by atoms with Crippen molar-refractivity contribution in [1.82, 2.24) is 4.98 Å². The monoisotopic (exact) mass is 171 g/mol. The highest BCUT2D eigenvalue weighted by Gasteiger charge is 2.13. The van der Waals surface area contributed by atoms with Crippen molar-refractivity contribution in [3.63, 3.8) is 0 Å². The molecular weight excluding hydrogens is 164 g/mol. The van der Waals surface area contributed by atoms with Gasteiger partial charge in [0.1, 0.15) is 12.4 Å². The van der Waals surface area contributed by atoms with E-state index >= 15 is 0 Å². The maximum absolute atomic E-state index is 12.4. The third-order valence-electron chi connectivity index (χ3n) is 1.33. The van der Waals surface area contributed by atoms with Crippen molar-refractivity contribution < 1.29 is 13.9 Å². The zero-order valence-corrected chi connectivity index (χ0v) is 6.11. The average Bonchev–Trinajstić information content (AvgIpc) is 2.17. The van der Waals surface area contributed by atoms with Crippen LogP contribution in [0.5, 0.6) is 0 Å². The highest BCUT2D eigenvalue weighted by molar-refractivity contribution is 5.14. The summed E-state index contributed by atoms with van der Waals surface area (Å²) in [6, 6.07) is 4.61. The van der Waals surface area contributed by atoms with Gasteiger partial charge in [0.15, 0.2) is 5.83 Å². The summed E-state index contributed by atoms with van der Waals surface area (Å²) in [6.45, 7) is 0. The van der Waals surface area contributed by atoms with E-state index in [0.29, 0.717) is 0 Å². The van der Waals surface area contributed by atoms with Crippen molar-refractivity contribution in [2.24, 2.45) is 0 Å². The largest absolute Gasteiger partial charge is 0.379 e. The lowest BCUT2D eigenvalue weighted by atomic mass is 10.2. The van der Waals surface area contributed by atoms with Crippen molar-refractivity contribution >= 4 is 0 Å². The predicted molar refractivity (Wildman–Crippen MR) is 39.5 cm³/mol. The van der Waals surface area contributed by atoms with Crippen LogP contribution in [0.1, 0.15) is 11.8 Å². The van der Waals surface area contributed by atoms with Gasteiger partial charge in [0.05, 0.1) is 5.69 Å². The molecule has 64 valence electrons. The van der Waals surface area contributed by atoms with E-state index in [1.54, 1.807) is 12.1 Å². The van der Waals surface area contributed by atoms with Gasteiger partial charge in [-0.05, 0) is 12.1 Å². The smallest absolute Gasteiger partial charge is 0.163 e. The van der Waals surface area contributed by atoms with E-state index in [4.69, 9.17) is 5.11 Å². The number of rotatable bonds is 2. The minimum atomic E-state index is -1.60. The maximum Gasteiger partial charge on any atom is 0.163 e. The molecule has 2 nitrogen and oxygen atoms in total. The molecule has 0 bridgehead atoms. The molecule has 0 saturated carbocycles. The maximum atomic E-state index is 12.4. The van der Waals surface area contributed by atoms with Crippen LogP contribution in [0.25, 0.3) is 0 Å². The van der Waals surface area contributed by atoms with E-state index in [0.717, 1.165) is 0 Å². The number of halogens is 2. The molecular formula is C8H7F2NO. The van der Waals surface area contributed by atoms with E-state index in [1.807, 2.05) is 0 Å². The first-order valence-corrected chi connectivity index (χ1v) is 3.30. The Bertz CT molecular complexity index is 274. The van der Waals surface area contributed by atoms with Gasteiger partial charge in [0.25, 0.3) is 0 Å². The zero-order chi connectivity index (χ0) is 8.97. The summed E-state index contributed by atoms with van der Waals surface area (Å²) in [5.41, 5.74) is 0.0869. The molecule has 0 aliphatic rings. The molecule has 0 saturated heterocycles. The minimum absolute atomic E-state index is 0.0869. The summed E-state index contributed by atoms with van der Waals surface area (Å²) < 4.78 is 24.0. The molecule has 1 aromatic rings. The molecule has 0 amide bonds. The van der Waals surface area contributed by atoms with Gasteiger partial charge >= 0.3 is 0 Å². The van der Waals surface area contributed by atoms with Gasteiger partial charge < -0.3 is 5.11 Å². The number of nitrogens with zero attached hydrogens (tertiary/aromatic N) is 1. The molecule has 12 heavy (non-hydrogen) atoms. The van der Waals surface area contributed by atoms with Gasteiger partial charge in [-0.1, -0.05) is 6.07 Å². The first-order valence-electron chi connectivity index (χ1n) is 3.30. The standard InChI is InChI=1S/C8H7F2NO/c9-5-6(10)8(12)7-3-1-2-4-11-7/h1-5,8,12H/b6-5-. The Morgan fingerprint density at radius 3 is 2.83 bits per heavy atom. The van der Waals surface area contributed by atoms with Crippen LogP contribution in [0.15, 0.2) is 36.6 Å². The van der Waals surface area contributed by atoms with Gasteiger partial charge in [-0.25, -0.2) is 8.78 Å². The molecule has 1 rings (SSSR count). The Morgan fingerprint density at radius 2 is 2.33 bits per heavy atom. The molecule has 1 atom stereocenters. The average molecular weight is 171 g/mol. The molecule has 0 aliphatic carbocycles. The third-order valence-corrected chi connectivity index (χ3v) is 1.33. The molecule has 1 N–H and O–H groups in total. The van der Waals surface area contributed by atoms with Crippen LogP contribution in [0.3, 0.4) is 0 Å². The molecule has 1 heterocycles. The Balaban J connectivity index is 2.86. The normalized spacial score (nSPS) is 14.4. The fourth-order valence-corrected chi connectivity index (χ4v) is 0.739. The fraction of sp³-hybridized carbons (Fsp3) is 0.125. The van der Waals surface area contributed by atoms with Crippen LogP contribution in [0.2, 0.25) is 0 Å². The van der Waals surface area contributed by atoms with Gasteiger partial charge in [-0.2, -0.15) is 0 Å². The Kier molecular flexibility index (Phi) is 2.88. The van der Waals surface area contributed by atoms with Crippen molar-refractivity contribution in [2.45, 2.75) is 6.10 Å². The van der Waals surface area contributed by atoms with E-state index in [1.165, 1.54) is 12.3 Å². The molecule has 1 unspecified atom stereocenters. The minimum Gasteiger partial charge on any atom is -0.379 e. The second-order valence-electron chi connectivity index (χ2n) is 2.15. The number of pyridine rings is 1. The highest BCUT2D eigenvalue weighted by atomic mass is 19.2. The second kappa shape index (κ2) is 3.92. The molecule has 1 aromatic heterocycles. The molecule has 0 aromatic carbocycles. The highest BCUT2D eigenvalue weighted by Crippen LogP contribution is 2.19. The van der Waals surface area contributed by atoms with Crippen molar-refractivity contribution in [2.75, 3.05) is 0 Å². The molecule has 0 spiro atoms. The number of hydrogen-bond donors (Lipinski definition) is 1. The summed E-state index contributed by atoms with van der Waals surface area (Å²) in [5, 5.41) is 9.04. The van der Waals surface area contributed by atoms with Gasteiger partial charge in [-0.15, -0.1) is 0 Å².